The highest BCUT2D eigenvalue weighted by Crippen LogP contribution is 2.31. The van der Waals surface area contributed by atoms with Crippen LogP contribution in [0.3, 0.4) is 0 Å². The van der Waals surface area contributed by atoms with Gasteiger partial charge in [0.2, 0.25) is 5.91 Å². The number of benzene rings is 1. The van der Waals surface area contributed by atoms with E-state index < -0.39 is 6.03 Å². The third kappa shape index (κ3) is 2.89. The summed E-state index contributed by atoms with van der Waals surface area (Å²) in [5.41, 5.74) is 1.84. The van der Waals surface area contributed by atoms with Crippen molar-refractivity contribution in [2.24, 2.45) is 0 Å². The fourth-order valence-electron chi connectivity index (χ4n) is 4.59. The molecule has 0 unspecified atom stereocenters. The number of urea groups is 1. The van der Waals surface area contributed by atoms with Crippen molar-refractivity contribution >= 4 is 28.7 Å². The number of anilines is 1. The lowest BCUT2D eigenvalue weighted by atomic mass is 9.91. The van der Waals surface area contributed by atoms with Crippen LogP contribution in [0.5, 0.6) is 0 Å². The minimum absolute atomic E-state index is 0.255. The number of piperazine rings is 1. The van der Waals surface area contributed by atoms with Crippen LogP contribution in [0.2, 0.25) is 0 Å². The normalized spacial score (nSPS) is 26.8. The van der Waals surface area contributed by atoms with Crippen molar-refractivity contribution in [1.82, 2.24) is 20.3 Å². The maximum atomic E-state index is 12.2. The zero-order valence-electron chi connectivity index (χ0n) is 15.4. The molecule has 1 N–H and O–H groups in total. The zero-order chi connectivity index (χ0) is 18.5. The second-order valence-corrected chi connectivity index (χ2v) is 7.85. The number of likely N-dealkylation sites (N-methyl/N-ethyl adjacent to an activating group) is 1. The van der Waals surface area contributed by atoms with Crippen LogP contribution in [0, 0.1) is 0 Å². The van der Waals surface area contributed by atoms with E-state index in [0.29, 0.717) is 30.0 Å². The van der Waals surface area contributed by atoms with Crippen LogP contribution in [-0.2, 0) is 11.3 Å². The molecule has 0 radical (unpaired) electrons. The van der Waals surface area contributed by atoms with Crippen LogP contribution in [0.15, 0.2) is 22.7 Å². The smallest absolute Gasteiger partial charge is 0.329 e. The lowest BCUT2D eigenvalue weighted by molar-refractivity contribution is -0.120. The molecule has 3 amide bonds. The highest BCUT2D eigenvalue weighted by molar-refractivity contribution is 6.08. The minimum Gasteiger partial charge on any atom is -0.354 e. The number of nitrogens with zero attached hydrogens (tertiary/aromatic N) is 4. The molecule has 1 aromatic heterocycles. The number of hydrogen-bond acceptors (Lipinski definition) is 6. The summed E-state index contributed by atoms with van der Waals surface area (Å²) in [6.45, 7) is 3.44. The lowest BCUT2D eigenvalue weighted by Gasteiger charge is -2.50. The number of amides is 3. The molecule has 8 nitrogen and oxygen atoms in total. The standard InChI is InChI=1S/C19H23N5O3/c1-22-10-14-4-3-13(22)11-23(14)9-12-2-5-16-15(8-12)18(21-27-16)24-7-6-17(25)20-19(24)26/h2,5,8,13-14H,3-4,6-7,9-11H2,1H3,(H,20,25,26)/t13-,14-/m1/s1. The molecule has 27 heavy (non-hydrogen) atoms. The second kappa shape index (κ2) is 6.31. The topological polar surface area (TPSA) is 81.9 Å². The third-order valence-electron chi connectivity index (χ3n) is 6.13. The quantitative estimate of drug-likeness (QED) is 0.884. The summed E-state index contributed by atoms with van der Waals surface area (Å²) in [7, 11) is 2.22. The summed E-state index contributed by atoms with van der Waals surface area (Å²) in [5, 5.41) is 7.24. The molecule has 0 saturated carbocycles. The van der Waals surface area contributed by atoms with Gasteiger partial charge in [-0.2, -0.15) is 0 Å². The molecule has 4 aliphatic heterocycles. The molecule has 4 saturated heterocycles. The molecular formula is C19H23N5O3. The first-order chi connectivity index (χ1) is 13.1. The molecule has 4 aliphatic rings. The highest BCUT2D eigenvalue weighted by atomic mass is 16.5. The van der Waals surface area contributed by atoms with Crippen molar-refractivity contribution in [1.29, 1.82) is 0 Å². The Bertz CT molecular complexity index is 910. The molecule has 2 aromatic rings. The van der Waals surface area contributed by atoms with Gasteiger partial charge in [-0.15, -0.1) is 0 Å². The van der Waals surface area contributed by atoms with E-state index >= 15 is 0 Å². The Morgan fingerprint density at radius 3 is 2.81 bits per heavy atom. The molecular weight excluding hydrogens is 346 g/mol. The zero-order valence-corrected chi connectivity index (χ0v) is 15.4. The molecule has 8 heteroatoms. The average molecular weight is 369 g/mol. The van der Waals surface area contributed by atoms with Gasteiger partial charge in [0, 0.05) is 44.7 Å². The number of carbonyl (C=O) groups is 2. The van der Waals surface area contributed by atoms with Crippen molar-refractivity contribution < 1.29 is 14.1 Å². The van der Waals surface area contributed by atoms with Crippen LogP contribution in [-0.4, -0.2) is 65.7 Å². The molecule has 4 fully saturated rings. The summed E-state index contributed by atoms with van der Waals surface area (Å²) >= 11 is 0. The molecule has 0 aliphatic carbocycles. The first kappa shape index (κ1) is 16.7. The second-order valence-electron chi connectivity index (χ2n) is 7.85. The monoisotopic (exact) mass is 369 g/mol. The Morgan fingerprint density at radius 1 is 1.22 bits per heavy atom. The van der Waals surface area contributed by atoms with Crippen LogP contribution >= 0.6 is 0 Å². The van der Waals surface area contributed by atoms with Crippen LogP contribution < -0.4 is 10.2 Å². The van der Waals surface area contributed by atoms with E-state index in [1.165, 1.54) is 23.3 Å². The van der Waals surface area contributed by atoms with Gasteiger partial charge in [0.05, 0.1) is 5.39 Å². The predicted octanol–water partition coefficient (Wildman–Crippen LogP) is 1.55. The number of fused-ring (bicyclic) bond motifs is 4. The lowest BCUT2D eigenvalue weighted by Crippen LogP contribution is -2.60. The molecule has 1 aromatic carbocycles. The van der Waals surface area contributed by atoms with E-state index in [0.717, 1.165) is 25.0 Å². The van der Waals surface area contributed by atoms with E-state index in [1.54, 1.807) is 0 Å². The molecule has 0 spiro atoms. The van der Waals surface area contributed by atoms with Crippen molar-refractivity contribution in [3.63, 3.8) is 0 Å². The Morgan fingerprint density at radius 2 is 2.07 bits per heavy atom. The van der Waals surface area contributed by atoms with Crippen molar-refractivity contribution in [2.45, 2.75) is 37.9 Å². The molecule has 5 heterocycles. The van der Waals surface area contributed by atoms with Gasteiger partial charge in [-0.1, -0.05) is 11.2 Å². The van der Waals surface area contributed by atoms with E-state index in [-0.39, 0.29) is 12.3 Å². The van der Waals surface area contributed by atoms with E-state index in [4.69, 9.17) is 4.52 Å². The van der Waals surface area contributed by atoms with Crippen LogP contribution in [0.25, 0.3) is 11.0 Å². The molecule has 6 rings (SSSR count). The van der Waals surface area contributed by atoms with Crippen LogP contribution in [0.1, 0.15) is 24.8 Å². The van der Waals surface area contributed by atoms with Crippen molar-refractivity contribution in [3.8, 4) is 0 Å². The fraction of sp³-hybridized carbons (Fsp3) is 0.526. The van der Waals surface area contributed by atoms with Crippen molar-refractivity contribution in [3.05, 3.63) is 23.8 Å². The molecule has 2 atom stereocenters. The summed E-state index contributed by atoms with van der Waals surface area (Å²) in [6, 6.07) is 6.88. The first-order valence-electron chi connectivity index (χ1n) is 9.52. The predicted molar refractivity (Wildman–Crippen MR) is 99.4 cm³/mol. The fourth-order valence-corrected chi connectivity index (χ4v) is 4.59. The number of hydrogen-bond donors (Lipinski definition) is 1. The van der Waals surface area contributed by atoms with E-state index in [9.17, 15) is 9.59 Å². The highest BCUT2D eigenvalue weighted by Gasteiger charge is 2.37. The van der Waals surface area contributed by atoms with Gasteiger partial charge in [-0.05, 0) is 37.6 Å². The average Bonchev–Trinajstić information content (AvgIpc) is 3.06. The minimum atomic E-state index is -0.441. The van der Waals surface area contributed by atoms with E-state index in [2.05, 4.69) is 39.5 Å². The van der Waals surface area contributed by atoms with Gasteiger partial charge in [-0.3, -0.25) is 19.9 Å². The first-order valence-corrected chi connectivity index (χ1v) is 9.52. The number of imide groups is 1. The number of piperidine rings is 2. The summed E-state index contributed by atoms with van der Waals surface area (Å²) < 4.78 is 5.41. The number of aromatic nitrogens is 1. The largest absolute Gasteiger partial charge is 0.354 e. The Labute approximate surface area is 157 Å². The summed E-state index contributed by atoms with van der Waals surface area (Å²) in [5.74, 6) is 0.228. The van der Waals surface area contributed by atoms with Gasteiger partial charge in [0.1, 0.15) is 0 Å². The van der Waals surface area contributed by atoms with E-state index in [1.807, 2.05) is 6.07 Å². The van der Waals surface area contributed by atoms with Crippen LogP contribution in [0.4, 0.5) is 10.6 Å². The van der Waals surface area contributed by atoms with Crippen molar-refractivity contribution in [2.75, 3.05) is 31.6 Å². The SMILES string of the molecule is CN1C[C@H]2CC[C@@H]1CN2Cc1ccc2onc(N3CCC(=O)NC3=O)c2c1. The summed E-state index contributed by atoms with van der Waals surface area (Å²) in [6.07, 6.45) is 2.82. The number of rotatable bonds is 3. The maximum absolute atomic E-state index is 12.2. The van der Waals surface area contributed by atoms with Gasteiger partial charge in [-0.25, -0.2) is 4.79 Å². The summed E-state index contributed by atoms with van der Waals surface area (Å²) in [4.78, 5) is 30.1. The van der Waals surface area contributed by atoms with Gasteiger partial charge < -0.3 is 9.42 Å². The Kier molecular flexibility index (Phi) is 3.91. The van der Waals surface area contributed by atoms with Gasteiger partial charge in [0.15, 0.2) is 11.4 Å². The van der Waals surface area contributed by atoms with Gasteiger partial charge >= 0.3 is 6.03 Å². The molecule has 142 valence electrons. The third-order valence-corrected chi connectivity index (χ3v) is 6.13. The van der Waals surface area contributed by atoms with Gasteiger partial charge in [0.25, 0.3) is 0 Å². The Balaban J connectivity index is 1.40. The molecule has 2 bridgehead atoms. The number of nitrogens with one attached hydrogen (secondary N) is 1. The maximum Gasteiger partial charge on any atom is 0.329 e. The number of carbonyl (C=O) groups excluding carboxylic acids is 2. The Hall–Kier alpha value is -2.45.